The summed E-state index contributed by atoms with van der Waals surface area (Å²) < 4.78 is 2.19. The van der Waals surface area contributed by atoms with Crippen molar-refractivity contribution in [3.8, 4) is 0 Å². The van der Waals surface area contributed by atoms with E-state index in [1.165, 1.54) is 5.56 Å². The number of carbonyl (C=O) groups excluding carboxylic acids is 2. The molecule has 5 rings (SSSR count). The Morgan fingerprint density at radius 2 is 1.62 bits per heavy atom. The average molecular weight is 446 g/mol. The Bertz CT molecular complexity index is 1540. The van der Waals surface area contributed by atoms with Crippen LogP contribution in [-0.4, -0.2) is 16.3 Å². The Morgan fingerprint density at radius 1 is 0.882 bits per heavy atom. The van der Waals surface area contributed by atoms with E-state index < -0.39 is 5.91 Å². The van der Waals surface area contributed by atoms with Gasteiger partial charge in [0.05, 0.1) is 11.0 Å². The normalized spacial score (nSPS) is 11.4. The fraction of sp³-hybridized carbons (Fsp3) is 0.133. The van der Waals surface area contributed by atoms with Gasteiger partial charge in [0.2, 0.25) is 5.91 Å². The standard InChI is InChI=1S/C30H25N2O2/c1-19(2)22-14-15-24-27(17-22)32(26-13-7-12-25(28(24)26)30(31)34)18-20-8-6-11-23(16-20)29(33)21-9-4-3-5-10-21/h3-14,16-17,19H,18H2,1-2H3,(H2,31,34). The number of ketones is 1. The first-order valence-corrected chi connectivity index (χ1v) is 11.4. The highest BCUT2D eigenvalue weighted by Crippen LogP contribution is 2.34. The van der Waals surface area contributed by atoms with E-state index in [0.29, 0.717) is 29.2 Å². The highest BCUT2D eigenvalue weighted by Gasteiger charge is 2.18. The first-order chi connectivity index (χ1) is 16.4. The molecule has 4 heteroatoms. The molecule has 1 heterocycles. The smallest absolute Gasteiger partial charge is 0.249 e. The van der Waals surface area contributed by atoms with Crippen LogP contribution in [0, 0.1) is 6.07 Å². The summed E-state index contributed by atoms with van der Waals surface area (Å²) in [5.74, 6) is -0.118. The average Bonchev–Trinajstić information content (AvgIpc) is 3.17. The number of hydrogen-bond donors (Lipinski definition) is 1. The molecule has 0 unspecified atom stereocenters. The van der Waals surface area contributed by atoms with Crippen molar-refractivity contribution in [2.24, 2.45) is 5.73 Å². The molecule has 0 spiro atoms. The molecule has 0 saturated carbocycles. The highest BCUT2D eigenvalue weighted by molar-refractivity contribution is 6.17. The van der Waals surface area contributed by atoms with Crippen molar-refractivity contribution in [1.29, 1.82) is 0 Å². The van der Waals surface area contributed by atoms with Crippen molar-refractivity contribution in [2.75, 3.05) is 0 Å². The lowest BCUT2D eigenvalue weighted by Crippen LogP contribution is -2.11. The zero-order chi connectivity index (χ0) is 23.8. The van der Waals surface area contributed by atoms with Crippen LogP contribution in [0.3, 0.4) is 0 Å². The fourth-order valence-electron chi connectivity index (χ4n) is 4.53. The number of primary amides is 1. The second kappa shape index (κ2) is 8.64. The van der Waals surface area contributed by atoms with Gasteiger partial charge in [-0.2, -0.15) is 0 Å². The molecule has 1 amide bonds. The second-order valence-corrected chi connectivity index (χ2v) is 8.89. The second-order valence-electron chi connectivity index (χ2n) is 8.89. The monoisotopic (exact) mass is 445 g/mol. The molecule has 0 aliphatic rings. The fourth-order valence-corrected chi connectivity index (χ4v) is 4.53. The first-order valence-electron chi connectivity index (χ1n) is 11.4. The van der Waals surface area contributed by atoms with Crippen molar-refractivity contribution in [1.82, 2.24) is 4.57 Å². The molecule has 5 aromatic rings. The number of rotatable bonds is 6. The summed E-state index contributed by atoms with van der Waals surface area (Å²) in [5, 5.41) is 1.70. The maximum absolute atomic E-state index is 13.0. The number of aromatic nitrogens is 1. The molecule has 2 N–H and O–H groups in total. The van der Waals surface area contributed by atoms with Gasteiger partial charge in [-0.15, -0.1) is 0 Å². The molecule has 34 heavy (non-hydrogen) atoms. The third-order valence-corrected chi connectivity index (χ3v) is 6.31. The van der Waals surface area contributed by atoms with E-state index in [9.17, 15) is 9.59 Å². The van der Waals surface area contributed by atoms with Crippen LogP contribution in [0.15, 0.2) is 84.9 Å². The largest absolute Gasteiger partial charge is 0.366 e. The number of benzene rings is 4. The predicted octanol–water partition coefficient (Wildman–Crippen LogP) is 6.10. The van der Waals surface area contributed by atoms with Crippen LogP contribution < -0.4 is 5.73 Å². The van der Waals surface area contributed by atoms with E-state index in [4.69, 9.17) is 5.73 Å². The van der Waals surface area contributed by atoms with E-state index in [1.54, 1.807) is 6.07 Å². The van der Waals surface area contributed by atoms with Crippen molar-refractivity contribution >= 4 is 33.5 Å². The van der Waals surface area contributed by atoms with Crippen LogP contribution in [0.25, 0.3) is 21.8 Å². The van der Waals surface area contributed by atoms with Gasteiger partial charge in [-0.1, -0.05) is 74.5 Å². The van der Waals surface area contributed by atoms with E-state index >= 15 is 0 Å². The summed E-state index contributed by atoms with van der Waals surface area (Å²) in [6.07, 6.45) is 0. The van der Waals surface area contributed by atoms with Crippen LogP contribution in [-0.2, 0) is 6.54 Å². The van der Waals surface area contributed by atoms with Crippen LogP contribution in [0.4, 0.5) is 0 Å². The molecule has 4 aromatic carbocycles. The molecule has 0 saturated heterocycles. The summed E-state index contributed by atoms with van der Waals surface area (Å²) >= 11 is 0. The summed E-state index contributed by atoms with van der Waals surface area (Å²) in [7, 11) is 0. The van der Waals surface area contributed by atoms with Crippen LogP contribution in [0.5, 0.6) is 0 Å². The molecule has 1 radical (unpaired) electrons. The van der Waals surface area contributed by atoms with Gasteiger partial charge < -0.3 is 10.3 Å². The first kappa shape index (κ1) is 21.7. The molecule has 0 bridgehead atoms. The van der Waals surface area contributed by atoms with Gasteiger partial charge in [0, 0.05) is 34.0 Å². The van der Waals surface area contributed by atoms with Crippen LogP contribution >= 0.6 is 0 Å². The number of nitrogens with two attached hydrogens (primary N) is 1. The number of nitrogens with zero attached hydrogens (tertiary/aromatic N) is 1. The lowest BCUT2D eigenvalue weighted by atomic mass is 10.00. The Kier molecular flexibility index (Phi) is 5.50. The SMILES string of the molecule is CC(C)c1c[c]c2c3c(C(N)=O)cccc3n(Cc3cccc(C(=O)c4ccccc4)c3)c2c1. The molecule has 0 aliphatic heterocycles. The minimum absolute atomic E-state index is 0.00360. The zero-order valence-electron chi connectivity index (χ0n) is 19.2. The minimum atomic E-state index is -0.457. The topological polar surface area (TPSA) is 65.1 Å². The van der Waals surface area contributed by atoms with Crippen molar-refractivity contribution in [2.45, 2.75) is 26.3 Å². The lowest BCUT2D eigenvalue weighted by Gasteiger charge is -2.11. The van der Waals surface area contributed by atoms with Crippen molar-refractivity contribution < 1.29 is 9.59 Å². The number of amides is 1. The summed E-state index contributed by atoms with van der Waals surface area (Å²) in [5.41, 5.74) is 11.6. The quantitative estimate of drug-likeness (QED) is 0.321. The van der Waals surface area contributed by atoms with E-state index in [1.807, 2.05) is 72.8 Å². The maximum atomic E-state index is 13.0. The maximum Gasteiger partial charge on any atom is 0.249 e. The van der Waals surface area contributed by atoms with Gasteiger partial charge in [0.15, 0.2) is 5.78 Å². The van der Waals surface area contributed by atoms with E-state index in [2.05, 4.69) is 30.5 Å². The van der Waals surface area contributed by atoms with Gasteiger partial charge in [0.1, 0.15) is 0 Å². The van der Waals surface area contributed by atoms with Gasteiger partial charge in [-0.05, 0) is 47.4 Å². The molecule has 0 fully saturated rings. The molecular formula is C30H25N2O2. The van der Waals surface area contributed by atoms with Gasteiger partial charge in [-0.3, -0.25) is 9.59 Å². The molecule has 0 aliphatic carbocycles. The lowest BCUT2D eigenvalue weighted by molar-refractivity contribution is 0.1000. The predicted molar refractivity (Wildman–Crippen MR) is 136 cm³/mol. The summed E-state index contributed by atoms with van der Waals surface area (Å²) in [6, 6.07) is 30.2. The van der Waals surface area contributed by atoms with Gasteiger partial charge >= 0.3 is 0 Å². The third kappa shape index (κ3) is 3.77. The Balaban J connectivity index is 1.66. The Morgan fingerprint density at radius 3 is 2.35 bits per heavy atom. The van der Waals surface area contributed by atoms with Gasteiger partial charge in [-0.25, -0.2) is 0 Å². The molecular weight excluding hydrogens is 420 g/mol. The Labute approximate surface area is 198 Å². The molecule has 4 nitrogen and oxygen atoms in total. The molecule has 1 aromatic heterocycles. The Hall–Kier alpha value is -4.18. The number of fused-ring (bicyclic) bond motifs is 3. The zero-order valence-corrected chi connectivity index (χ0v) is 19.2. The van der Waals surface area contributed by atoms with Crippen molar-refractivity contribution in [3.63, 3.8) is 0 Å². The van der Waals surface area contributed by atoms with Crippen LogP contribution in [0.2, 0.25) is 0 Å². The van der Waals surface area contributed by atoms with Gasteiger partial charge in [0.25, 0.3) is 0 Å². The minimum Gasteiger partial charge on any atom is -0.366 e. The number of carbonyl (C=O) groups is 2. The van der Waals surface area contributed by atoms with Crippen molar-refractivity contribution in [3.05, 3.63) is 119 Å². The molecule has 0 atom stereocenters. The third-order valence-electron chi connectivity index (χ3n) is 6.31. The summed E-state index contributed by atoms with van der Waals surface area (Å²) in [4.78, 5) is 25.2. The summed E-state index contributed by atoms with van der Waals surface area (Å²) in [6.45, 7) is 4.85. The molecule has 167 valence electrons. The van der Waals surface area contributed by atoms with Crippen LogP contribution in [0.1, 0.15) is 57.2 Å². The van der Waals surface area contributed by atoms with E-state index in [-0.39, 0.29) is 5.78 Å². The highest BCUT2D eigenvalue weighted by atomic mass is 16.1. The number of hydrogen-bond acceptors (Lipinski definition) is 2. The van der Waals surface area contributed by atoms with E-state index in [0.717, 1.165) is 27.4 Å².